The summed E-state index contributed by atoms with van der Waals surface area (Å²) in [7, 11) is 1.30. The standard InChI is InChI=1S/C28H37N3O5/c1-3-4-5-6-15-30-16-20-7-9-21(10-8-20)19-36-27-23-18-31(17-22(23)11-13-25(27)32)24(28(29)34)12-14-26(33)35-2/h7-11,13,17,24,30H,3-6,12,14-16,18-19H2,1-2H3,(H2,29,34). The Bertz CT molecular complexity index is 1030. The number of unbranched alkanes of at least 4 members (excludes halogenated alkanes) is 3. The summed E-state index contributed by atoms with van der Waals surface area (Å²) in [5, 5.41) is 3.47. The predicted octanol–water partition coefficient (Wildman–Crippen LogP) is 3.27. The molecule has 8 nitrogen and oxygen atoms in total. The van der Waals surface area contributed by atoms with E-state index < -0.39 is 17.9 Å². The number of fused-ring (bicyclic) bond motifs is 1. The van der Waals surface area contributed by atoms with Crippen molar-refractivity contribution in [3.05, 3.63) is 70.6 Å². The van der Waals surface area contributed by atoms with Gasteiger partial charge in [0.2, 0.25) is 11.7 Å². The van der Waals surface area contributed by atoms with E-state index in [2.05, 4.69) is 29.1 Å². The van der Waals surface area contributed by atoms with Crippen LogP contribution in [0, 0.1) is 0 Å². The first-order chi connectivity index (χ1) is 17.4. The summed E-state index contributed by atoms with van der Waals surface area (Å²) in [6.45, 7) is 4.62. The first-order valence-corrected chi connectivity index (χ1v) is 12.6. The maximum absolute atomic E-state index is 12.6. The molecule has 1 aliphatic heterocycles. The predicted molar refractivity (Wildman–Crippen MR) is 137 cm³/mol. The number of hydrogen-bond donors (Lipinski definition) is 2. The van der Waals surface area contributed by atoms with Crippen LogP contribution in [0.15, 0.2) is 59.5 Å². The van der Waals surface area contributed by atoms with Crippen LogP contribution in [0.2, 0.25) is 0 Å². The molecule has 3 rings (SSSR count). The molecule has 0 saturated heterocycles. The summed E-state index contributed by atoms with van der Waals surface area (Å²) >= 11 is 0. The van der Waals surface area contributed by atoms with E-state index in [1.807, 2.05) is 12.1 Å². The number of rotatable bonds is 15. The lowest BCUT2D eigenvalue weighted by Gasteiger charge is -2.25. The Morgan fingerprint density at radius 1 is 1.11 bits per heavy atom. The molecule has 0 spiro atoms. The van der Waals surface area contributed by atoms with Crippen molar-refractivity contribution in [3.63, 3.8) is 0 Å². The van der Waals surface area contributed by atoms with Crippen molar-refractivity contribution in [2.75, 3.05) is 20.2 Å². The molecule has 1 amide bonds. The number of hydrogen-bond acceptors (Lipinski definition) is 7. The highest BCUT2D eigenvalue weighted by atomic mass is 16.5. The van der Waals surface area contributed by atoms with Gasteiger partial charge in [-0.05, 0) is 48.2 Å². The summed E-state index contributed by atoms with van der Waals surface area (Å²) in [5.41, 5.74) is 9.29. The third-order valence-corrected chi connectivity index (χ3v) is 6.43. The summed E-state index contributed by atoms with van der Waals surface area (Å²) in [6.07, 6.45) is 10.3. The minimum Gasteiger partial charge on any atom is -0.484 e. The highest BCUT2D eigenvalue weighted by Crippen LogP contribution is 2.32. The highest BCUT2D eigenvalue weighted by Gasteiger charge is 2.33. The first-order valence-electron chi connectivity index (χ1n) is 12.6. The van der Waals surface area contributed by atoms with E-state index in [9.17, 15) is 14.4 Å². The number of benzene rings is 1. The van der Waals surface area contributed by atoms with E-state index in [1.54, 1.807) is 17.2 Å². The molecule has 0 saturated carbocycles. The molecule has 1 heterocycles. The van der Waals surface area contributed by atoms with Crippen LogP contribution in [0.1, 0.15) is 56.6 Å². The zero-order chi connectivity index (χ0) is 25.9. The molecule has 194 valence electrons. The summed E-state index contributed by atoms with van der Waals surface area (Å²) in [5.74, 6) is -0.876. The van der Waals surface area contributed by atoms with E-state index in [1.165, 1.54) is 44.4 Å². The van der Waals surface area contributed by atoms with Crippen LogP contribution in [-0.4, -0.2) is 48.8 Å². The number of allylic oxidation sites excluding steroid dienone is 2. The molecule has 2 aliphatic rings. The zero-order valence-corrected chi connectivity index (χ0v) is 21.3. The smallest absolute Gasteiger partial charge is 0.305 e. The zero-order valence-electron chi connectivity index (χ0n) is 21.3. The number of carbonyl (C=O) groups excluding carboxylic acids is 3. The Morgan fingerprint density at radius 3 is 2.56 bits per heavy atom. The Balaban J connectivity index is 1.58. The van der Waals surface area contributed by atoms with Crippen molar-refractivity contribution in [1.29, 1.82) is 0 Å². The molecular formula is C28H37N3O5. The van der Waals surface area contributed by atoms with Gasteiger partial charge >= 0.3 is 5.97 Å². The van der Waals surface area contributed by atoms with E-state index >= 15 is 0 Å². The number of primary amides is 1. The average molecular weight is 496 g/mol. The fourth-order valence-electron chi connectivity index (χ4n) is 4.32. The highest BCUT2D eigenvalue weighted by molar-refractivity contribution is 6.05. The van der Waals surface area contributed by atoms with Gasteiger partial charge in [-0.2, -0.15) is 0 Å². The van der Waals surface area contributed by atoms with Gasteiger partial charge in [-0.25, -0.2) is 0 Å². The van der Waals surface area contributed by atoms with Crippen LogP contribution in [0.5, 0.6) is 0 Å². The molecule has 0 aromatic heterocycles. The van der Waals surface area contributed by atoms with Crippen LogP contribution in [0.25, 0.3) is 0 Å². The second kappa shape index (κ2) is 13.6. The molecule has 0 bridgehead atoms. The normalized spacial score (nSPS) is 15.6. The Labute approximate surface area is 213 Å². The summed E-state index contributed by atoms with van der Waals surface area (Å²) in [6, 6.07) is 7.47. The number of amides is 1. The van der Waals surface area contributed by atoms with Crippen LogP contribution in [-0.2, 0) is 37.0 Å². The van der Waals surface area contributed by atoms with Crippen LogP contribution >= 0.6 is 0 Å². The van der Waals surface area contributed by atoms with Gasteiger partial charge in [-0.1, -0.05) is 50.5 Å². The largest absolute Gasteiger partial charge is 0.484 e. The number of methoxy groups -OCH3 is 1. The van der Waals surface area contributed by atoms with Crippen molar-refractivity contribution >= 4 is 17.7 Å². The maximum atomic E-state index is 12.6. The van der Waals surface area contributed by atoms with Gasteiger partial charge in [-0.3, -0.25) is 14.4 Å². The van der Waals surface area contributed by atoms with Gasteiger partial charge in [0.25, 0.3) is 0 Å². The molecule has 1 aromatic rings. The van der Waals surface area contributed by atoms with Gasteiger partial charge in [0.1, 0.15) is 12.6 Å². The van der Waals surface area contributed by atoms with Gasteiger partial charge in [0, 0.05) is 31.3 Å². The van der Waals surface area contributed by atoms with Crippen molar-refractivity contribution < 1.29 is 23.9 Å². The minimum atomic E-state index is -0.688. The van der Waals surface area contributed by atoms with E-state index in [0.29, 0.717) is 6.54 Å². The Hall–Kier alpha value is -3.39. The number of ketones is 1. The molecule has 36 heavy (non-hydrogen) atoms. The van der Waals surface area contributed by atoms with Gasteiger partial charge in [0.05, 0.1) is 7.11 Å². The fourth-order valence-corrected chi connectivity index (χ4v) is 4.32. The van der Waals surface area contributed by atoms with Crippen LogP contribution < -0.4 is 11.1 Å². The number of nitrogens with zero attached hydrogens (tertiary/aromatic N) is 1. The molecule has 1 atom stereocenters. The first kappa shape index (κ1) is 27.2. The minimum absolute atomic E-state index is 0.0747. The summed E-state index contributed by atoms with van der Waals surface area (Å²) < 4.78 is 10.7. The van der Waals surface area contributed by atoms with Crippen molar-refractivity contribution in [2.45, 2.75) is 64.6 Å². The van der Waals surface area contributed by atoms with Gasteiger partial charge in [0.15, 0.2) is 5.76 Å². The average Bonchev–Trinajstić information content (AvgIpc) is 3.30. The van der Waals surface area contributed by atoms with E-state index in [0.717, 1.165) is 29.8 Å². The van der Waals surface area contributed by atoms with Gasteiger partial charge < -0.3 is 25.4 Å². The molecule has 0 fully saturated rings. The fraction of sp³-hybridized carbons (Fsp3) is 0.464. The molecule has 1 unspecified atom stereocenters. The molecule has 1 aliphatic carbocycles. The number of esters is 1. The lowest BCUT2D eigenvalue weighted by atomic mass is 10.00. The lowest BCUT2D eigenvalue weighted by molar-refractivity contribution is -0.141. The number of nitrogens with one attached hydrogen (secondary N) is 1. The third kappa shape index (κ3) is 7.55. The van der Waals surface area contributed by atoms with Crippen molar-refractivity contribution in [3.8, 4) is 0 Å². The molecular weight excluding hydrogens is 458 g/mol. The quantitative estimate of drug-likeness (QED) is 0.284. The molecule has 3 N–H and O–H groups in total. The van der Waals surface area contributed by atoms with Crippen LogP contribution in [0.3, 0.4) is 0 Å². The molecule has 1 aromatic carbocycles. The molecule has 8 heteroatoms. The SMILES string of the molecule is CCCCCCNCc1ccc(COC2=C3CN(C(CCC(=O)OC)C(N)=O)C=C3C=CC2=O)cc1. The molecule has 0 radical (unpaired) electrons. The van der Waals surface area contributed by atoms with Crippen molar-refractivity contribution in [2.24, 2.45) is 5.73 Å². The number of nitrogens with two attached hydrogens (primary N) is 1. The lowest BCUT2D eigenvalue weighted by Crippen LogP contribution is -2.41. The Kier molecular flexibility index (Phi) is 10.3. The number of carbonyl (C=O) groups is 3. The van der Waals surface area contributed by atoms with E-state index in [4.69, 9.17) is 10.5 Å². The van der Waals surface area contributed by atoms with Crippen LogP contribution in [0.4, 0.5) is 0 Å². The second-order valence-corrected chi connectivity index (χ2v) is 9.14. The Morgan fingerprint density at radius 2 is 1.86 bits per heavy atom. The monoisotopic (exact) mass is 495 g/mol. The van der Waals surface area contributed by atoms with Crippen molar-refractivity contribution in [1.82, 2.24) is 10.2 Å². The number of ether oxygens (including phenoxy) is 2. The maximum Gasteiger partial charge on any atom is 0.305 e. The van der Waals surface area contributed by atoms with Gasteiger partial charge in [-0.15, -0.1) is 0 Å². The van der Waals surface area contributed by atoms with E-state index in [-0.39, 0.29) is 31.0 Å². The topological polar surface area (TPSA) is 111 Å². The summed E-state index contributed by atoms with van der Waals surface area (Å²) in [4.78, 5) is 38.0. The third-order valence-electron chi connectivity index (χ3n) is 6.43. The second-order valence-electron chi connectivity index (χ2n) is 9.14.